The van der Waals surface area contributed by atoms with Gasteiger partial charge in [0.25, 0.3) is 0 Å². The molecule has 15 heavy (non-hydrogen) atoms. The summed E-state index contributed by atoms with van der Waals surface area (Å²) in [5.74, 6) is -0.0147. The lowest BCUT2D eigenvalue weighted by Gasteiger charge is -2.17. The number of rotatable bonds is 6. The Bertz CT molecular complexity index is 231. The number of carbonyl (C=O) groups is 1. The molecule has 5 heteroatoms. The van der Waals surface area contributed by atoms with Crippen molar-refractivity contribution in [1.29, 1.82) is 0 Å². The minimum absolute atomic E-state index is 0.0147. The van der Waals surface area contributed by atoms with Gasteiger partial charge in [0.1, 0.15) is 0 Å². The van der Waals surface area contributed by atoms with Crippen molar-refractivity contribution in [2.24, 2.45) is 0 Å². The van der Waals surface area contributed by atoms with Crippen LogP contribution in [0.2, 0.25) is 0 Å². The van der Waals surface area contributed by atoms with Gasteiger partial charge in [0, 0.05) is 34.9 Å². The predicted octanol–water partition coefficient (Wildman–Crippen LogP) is 0.256. The zero-order valence-corrected chi connectivity index (χ0v) is 11.0. The highest BCUT2D eigenvalue weighted by atomic mass is 32.2. The highest BCUT2D eigenvalue weighted by Crippen LogP contribution is 1.92. The second-order valence-corrected chi connectivity index (χ2v) is 5.90. The maximum Gasteiger partial charge on any atom is 0.237 e. The second kappa shape index (κ2) is 6.95. The SMILES string of the molecule is CC(C)NC(=O)C(C)NCC(C)S(C)=O. The van der Waals surface area contributed by atoms with Gasteiger partial charge in [-0.25, -0.2) is 0 Å². The van der Waals surface area contributed by atoms with E-state index in [0.29, 0.717) is 6.54 Å². The fourth-order valence-electron chi connectivity index (χ4n) is 0.962. The summed E-state index contributed by atoms with van der Waals surface area (Å²) in [6.07, 6.45) is 1.67. The van der Waals surface area contributed by atoms with Crippen molar-refractivity contribution in [2.45, 2.75) is 45.0 Å². The minimum Gasteiger partial charge on any atom is -0.353 e. The van der Waals surface area contributed by atoms with E-state index in [2.05, 4.69) is 10.6 Å². The fraction of sp³-hybridized carbons (Fsp3) is 0.900. The van der Waals surface area contributed by atoms with E-state index >= 15 is 0 Å². The molecule has 0 fully saturated rings. The topological polar surface area (TPSA) is 58.2 Å². The number of hydrogen-bond donors (Lipinski definition) is 2. The average Bonchev–Trinajstić information content (AvgIpc) is 2.12. The van der Waals surface area contributed by atoms with Crippen LogP contribution in [0, 0.1) is 0 Å². The Balaban J connectivity index is 3.87. The Morgan fingerprint density at radius 3 is 2.20 bits per heavy atom. The van der Waals surface area contributed by atoms with Crippen LogP contribution in [0.4, 0.5) is 0 Å². The van der Waals surface area contributed by atoms with Crippen molar-refractivity contribution >= 4 is 16.7 Å². The molecule has 90 valence electrons. The molecular weight excluding hydrogens is 212 g/mol. The first-order valence-electron chi connectivity index (χ1n) is 5.20. The molecule has 3 unspecified atom stereocenters. The lowest BCUT2D eigenvalue weighted by atomic mass is 10.2. The molecule has 0 aliphatic rings. The zero-order chi connectivity index (χ0) is 12.0. The summed E-state index contributed by atoms with van der Waals surface area (Å²) in [7, 11) is -0.845. The summed E-state index contributed by atoms with van der Waals surface area (Å²) in [4.78, 5) is 11.5. The average molecular weight is 234 g/mol. The number of hydrogen-bond acceptors (Lipinski definition) is 3. The molecular formula is C10H22N2O2S. The molecule has 0 saturated carbocycles. The predicted molar refractivity (Wildman–Crippen MR) is 64.3 cm³/mol. The molecule has 1 amide bonds. The van der Waals surface area contributed by atoms with Crippen LogP contribution in [-0.2, 0) is 15.6 Å². The van der Waals surface area contributed by atoms with Gasteiger partial charge in [-0.15, -0.1) is 0 Å². The summed E-state index contributed by atoms with van der Waals surface area (Å²) in [6.45, 7) is 8.15. The molecule has 0 heterocycles. The number of nitrogens with one attached hydrogen (secondary N) is 2. The third-order valence-electron chi connectivity index (χ3n) is 2.10. The highest BCUT2D eigenvalue weighted by molar-refractivity contribution is 7.84. The highest BCUT2D eigenvalue weighted by Gasteiger charge is 2.14. The van der Waals surface area contributed by atoms with Crippen molar-refractivity contribution in [1.82, 2.24) is 10.6 Å². The molecule has 4 nitrogen and oxygen atoms in total. The van der Waals surface area contributed by atoms with Gasteiger partial charge in [-0.05, 0) is 27.7 Å². The van der Waals surface area contributed by atoms with E-state index in [0.717, 1.165) is 0 Å². The largest absolute Gasteiger partial charge is 0.353 e. The van der Waals surface area contributed by atoms with E-state index < -0.39 is 10.8 Å². The molecule has 0 aliphatic carbocycles. The van der Waals surface area contributed by atoms with Crippen LogP contribution in [-0.4, -0.2) is 40.3 Å². The number of carbonyl (C=O) groups excluding carboxylic acids is 1. The van der Waals surface area contributed by atoms with Crippen molar-refractivity contribution in [2.75, 3.05) is 12.8 Å². The number of amides is 1. The third-order valence-corrected chi connectivity index (χ3v) is 3.40. The van der Waals surface area contributed by atoms with E-state index in [4.69, 9.17) is 0 Å². The molecule has 3 atom stereocenters. The first kappa shape index (κ1) is 14.6. The molecule has 2 N–H and O–H groups in total. The molecule has 0 rings (SSSR count). The maximum atomic E-state index is 11.5. The van der Waals surface area contributed by atoms with Gasteiger partial charge in [0.15, 0.2) is 0 Å². The fourth-order valence-corrected chi connectivity index (χ4v) is 1.29. The molecule has 0 aliphatic heterocycles. The Morgan fingerprint density at radius 1 is 1.27 bits per heavy atom. The third kappa shape index (κ3) is 6.62. The monoisotopic (exact) mass is 234 g/mol. The Labute approximate surface area is 94.7 Å². The molecule has 0 aromatic rings. The van der Waals surface area contributed by atoms with Crippen LogP contribution in [0.25, 0.3) is 0 Å². The minimum atomic E-state index is -0.845. The van der Waals surface area contributed by atoms with Gasteiger partial charge in [-0.2, -0.15) is 0 Å². The van der Waals surface area contributed by atoms with Gasteiger partial charge in [0.2, 0.25) is 5.91 Å². The molecule has 0 aromatic heterocycles. The quantitative estimate of drug-likeness (QED) is 0.693. The Morgan fingerprint density at radius 2 is 1.80 bits per heavy atom. The summed E-state index contributed by atoms with van der Waals surface area (Å²) in [5.41, 5.74) is 0. The molecule has 0 spiro atoms. The van der Waals surface area contributed by atoms with Crippen molar-refractivity contribution < 1.29 is 9.00 Å². The lowest BCUT2D eigenvalue weighted by Crippen LogP contribution is -2.46. The first-order chi connectivity index (χ1) is 6.84. The van der Waals surface area contributed by atoms with Crippen LogP contribution >= 0.6 is 0 Å². The molecule has 0 saturated heterocycles. The Hall–Kier alpha value is -0.420. The summed E-state index contributed by atoms with van der Waals surface area (Å²) in [6, 6.07) is -0.0853. The molecule has 0 aromatic carbocycles. The van der Waals surface area contributed by atoms with Crippen LogP contribution in [0.3, 0.4) is 0 Å². The van der Waals surface area contributed by atoms with Gasteiger partial charge in [0.05, 0.1) is 6.04 Å². The van der Waals surface area contributed by atoms with Crippen LogP contribution in [0.5, 0.6) is 0 Å². The molecule has 0 bridgehead atoms. The van der Waals surface area contributed by atoms with E-state index in [9.17, 15) is 9.00 Å². The van der Waals surface area contributed by atoms with Crippen LogP contribution in [0.15, 0.2) is 0 Å². The van der Waals surface area contributed by atoms with E-state index in [1.165, 1.54) is 0 Å². The first-order valence-corrected chi connectivity index (χ1v) is 6.82. The summed E-state index contributed by atoms with van der Waals surface area (Å²) < 4.78 is 11.1. The van der Waals surface area contributed by atoms with Crippen molar-refractivity contribution in [3.05, 3.63) is 0 Å². The van der Waals surface area contributed by atoms with Gasteiger partial charge >= 0.3 is 0 Å². The maximum absolute atomic E-state index is 11.5. The van der Waals surface area contributed by atoms with Gasteiger partial charge in [-0.1, -0.05) is 0 Å². The van der Waals surface area contributed by atoms with Gasteiger partial charge < -0.3 is 10.6 Å². The molecule has 0 radical (unpaired) electrons. The standard InChI is InChI=1S/C10H22N2O2S/c1-7(2)12-10(13)9(4)11-6-8(3)15(5)14/h7-9,11H,6H2,1-5H3,(H,12,13). The van der Waals surface area contributed by atoms with Crippen molar-refractivity contribution in [3.8, 4) is 0 Å². The lowest BCUT2D eigenvalue weighted by molar-refractivity contribution is -0.123. The smallest absolute Gasteiger partial charge is 0.237 e. The Kier molecular flexibility index (Phi) is 6.76. The second-order valence-electron chi connectivity index (χ2n) is 4.10. The van der Waals surface area contributed by atoms with Crippen molar-refractivity contribution in [3.63, 3.8) is 0 Å². The van der Waals surface area contributed by atoms with Crippen LogP contribution < -0.4 is 10.6 Å². The van der Waals surface area contributed by atoms with E-state index in [-0.39, 0.29) is 23.2 Å². The van der Waals surface area contributed by atoms with Gasteiger partial charge in [-0.3, -0.25) is 9.00 Å². The van der Waals surface area contributed by atoms with E-state index in [1.807, 2.05) is 27.7 Å². The summed E-state index contributed by atoms with van der Waals surface area (Å²) >= 11 is 0. The normalized spacial score (nSPS) is 17.2. The van der Waals surface area contributed by atoms with E-state index in [1.54, 1.807) is 6.26 Å². The van der Waals surface area contributed by atoms with Crippen LogP contribution in [0.1, 0.15) is 27.7 Å². The zero-order valence-electron chi connectivity index (χ0n) is 10.2. The summed E-state index contributed by atoms with van der Waals surface area (Å²) in [5, 5.41) is 5.95.